The number of thioether (sulfide) groups is 2. The van der Waals surface area contributed by atoms with E-state index in [1.54, 1.807) is 24.3 Å². The van der Waals surface area contributed by atoms with E-state index in [1.165, 1.54) is 18.9 Å². The van der Waals surface area contributed by atoms with E-state index in [2.05, 4.69) is 0 Å². The van der Waals surface area contributed by atoms with Gasteiger partial charge in [0.05, 0.1) is 30.6 Å². The summed E-state index contributed by atoms with van der Waals surface area (Å²) in [5.74, 6) is 0.0233. The lowest BCUT2D eigenvalue weighted by Gasteiger charge is -2.27. The third-order valence-corrected chi connectivity index (χ3v) is 5.76. The molecule has 9 heteroatoms. The molecule has 0 spiro atoms. The lowest BCUT2D eigenvalue weighted by Crippen LogP contribution is -2.50. The number of carbonyl (C=O) groups excluding carboxylic acids is 2. The van der Waals surface area contributed by atoms with Gasteiger partial charge in [0.15, 0.2) is 11.5 Å². The molecule has 1 aliphatic rings. The smallest absolute Gasteiger partial charge is 0.266 e. The Balaban J connectivity index is 2.28. The number of benzene rings is 1. The van der Waals surface area contributed by atoms with Gasteiger partial charge < -0.3 is 19.4 Å². The lowest BCUT2D eigenvalue weighted by atomic mass is 10.1. The van der Waals surface area contributed by atoms with Crippen molar-refractivity contribution in [1.29, 1.82) is 0 Å². The van der Waals surface area contributed by atoms with Crippen LogP contribution in [0.2, 0.25) is 0 Å². The number of amides is 1. The number of thiocarbonyl (C=S) groups is 1. The van der Waals surface area contributed by atoms with E-state index >= 15 is 0 Å². The van der Waals surface area contributed by atoms with Gasteiger partial charge in [-0.25, -0.2) is 0 Å². The van der Waals surface area contributed by atoms with Gasteiger partial charge in [-0.15, -0.1) is 0 Å². The minimum atomic E-state index is -1.30. The van der Waals surface area contributed by atoms with Gasteiger partial charge in [0.1, 0.15) is 4.32 Å². The molecule has 1 aromatic carbocycles. The molecule has 1 atom stereocenters. The minimum absolute atomic E-state index is 0.222. The Bertz CT molecular complexity index is 765. The van der Waals surface area contributed by atoms with Crippen LogP contribution in [0.4, 0.5) is 0 Å². The summed E-state index contributed by atoms with van der Waals surface area (Å²) in [6.07, 6.45) is 3.81. The summed E-state index contributed by atoms with van der Waals surface area (Å²) in [5.41, 5.74) is 0.727. The molecular formula is C18H20NO5S3-. The van der Waals surface area contributed by atoms with Crippen molar-refractivity contribution in [2.75, 3.05) is 25.7 Å². The van der Waals surface area contributed by atoms with Crippen molar-refractivity contribution < 1.29 is 24.2 Å². The number of carboxylic acids is 1. The fourth-order valence-electron chi connectivity index (χ4n) is 2.53. The van der Waals surface area contributed by atoms with Crippen LogP contribution in [0.5, 0.6) is 11.5 Å². The van der Waals surface area contributed by atoms with Crippen molar-refractivity contribution in [1.82, 2.24) is 4.90 Å². The van der Waals surface area contributed by atoms with Gasteiger partial charge in [-0.05, 0) is 49.1 Å². The zero-order valence-corrected chi connectivity index (χ0v) is 17.7. The molecule has 0 aliphatic carbocycles. The minimum Gasteiger partial charge on any atom is -0.548 e. The van der Waals surface area contributed by atoms with Gasteiger partial charge in [-0.3, -0.25) is 9.69 Å². The van der Waals surface area contributed by atoms with Crippen molar-refractivity contribution in [2.45, 2.75) is 19.4 Å². The molecule has 146 valence electrons. The predicted molar refractivity (Wildman–Crippen MR) is 111 cm³/mol. The van der Waals surface area contributed by atoms with E-state index in [9.17, 15) is 14.7 Å². The van der Waals surface area contributed by atoms with E-state index in [-0.39, 0.29) is 10.7 Å². The summed E-state index contributed by atoms with van der Waals surface area (Å²) in [4.78, 5) is 25.8. The Kier molecular flexibility index (Phi) is 8.00. The zero-order valence-electron chi connectivity index (χ0n) is 15.2. The number of hydrogen-bond acceptors (Lipinski definition) is 8. The second-order valence-electron chi connectivity index (χ2n) is 5.51. The molecule has 6 nitrogen and oxygen atoms in total. The molecule has 1 aliphatic heterocycles. The van der Waals surface area contributed by atoms with E-state index in [4.69, 9.17) is 21.7 Å². The fraction of sp³-hybridized carbons (Fsp3) is 0.389. The van der Waals surface area contributed by atoms with Crippen LogP contribution in [-0.2, 0) is 9.59 Å². The third-order valence-electron chi connectivity index (χ3n) is 3.79. The highest BCUT2D eigenvalue weighted by Crippen LogP contribution is 2.36. The van der Waals surface area contributed by atoms with Crippen molar-refractivity contribution in [3.8, 4) is 11.5 Å². The first-order valence-electron chi connectivity index (χ1n) is 8.20. The third kappa shape index (κ3) is 5.18. The maximum Gasteiger partial charge on any atom is 0.266 e. The van der Waals surface area contributed by atoms with Crippen LogP contribution in [0.3, 0.4) is 0 Å². The molecule has 1 heterocycles. The topological polar surface area (TPSA) is 78.9 Å². The zero-order chi connectivity index (χ0) is 20.0. The second-order valence-corrected chi connectivity index (χ2v) is 8.17. The molecule has 0 saturated carbocycles. The van der Waals surface area contributed by atoms with Crippen molar-refractivity contribution in [3.63, 3.8) is 0 Å². The Morgan fingerprint density at radius 2 is 2.19 bits per heavy atom. The van der Waals surface area contributed by atoms with Crippen LogP contribution in [0.1, 0.15) is 18.9 Å². The van der Waals surface area contributed by atoms with E-state index in [1.807, 2.05) is 13.2 Å². The standard InChI is InChI=1S/C18H21NO5S3/c1-4-24-13-6-5-11(9-14(13)23-2)10-15-16(20)19(18(25)27-15)12(17(21)22)7-8-26-3/h5-6,9-10,12H,4,7-8H2,1-3H3,(H,21,22)/p-1/b15-10-/t12-/m0/s1. The Morgan fingerprint density at radius 1 is 1.44 bits per heavy atom. The lowest BCUT2D eigenvalue weighted by molar-refractivity contribution is -0.310. The second kappa shape index (κ2) is 10.0. The number of methoxy groups -OCH3 is 1. The van der Waals surface area contributed by atoms with Crippen LogP contribution in [0.15, 0.2) is 23.1 Å². The summed E-state index contributed by atoms with van der Waals surface area (Å²) in [6, 6.07) is 4.24. The van der Waals surface area contributed by atoms with Crippen LogP contribution in [-0.4, -0.2) is 52.9 Å². The number of rotatable bonds is 9. The molecule has 0 bridgehead atoms. The van der Waals surface area contributed by atoms with Crippen molar-refractivity contribution >= 4 is 58.0 Å². The van der Waals surface area contributed by atoms with Gasteiger partial charge in [0.25, 0.3) is 5.91 Å². The van der Waals surface area contributed by atoms with E-state index in [0.29, 0.717) is 28.8 Å². The molecule has 1 fully saturated rings. The number of nitrogens with zero attached hydrogens (tertiary/aromatic N) is 1. The van der Waals surface area contributed by atoms with Crippen LogP contribution in [0, 0.1) is 0 Å². The molecule has 0 aromatic heterocycles. The van der Waals surface area contributed by atoms with Gasteiger partial charge in [-0.2, -0.15) is 11.8 Å². The highest BCUT2D eigenvalue weighted by Gasteiger charge is 2.37. The normalized spacial score (nSPS) is 16.7. The Labute approximate surface area is 172 Å². The summed E-state index contributed by atoms with van der Waals surface area (Å²) < 4.78 is 11.0. The summed E-state index contributed by atoms with van der Waals surface area (Å²) >= 11 is 7.83. The monoisotopic (exact) mass is 426 g/mol. The molecule has 0 unspecified atom stereocenters. The maximum absolute atomic E-state index is 12.7. The highest BCUT2D eigenvalue weighted by molar-refractivity contribution is 8.26. The van der Waals surface area contributed by atoms with Gasteiger partial charge in [0.2, 0.25) is 0 Å². The van der Waals surface area contributed by atoms with Crippen LogP contribution >= 0.6 is 35.7 Å². The first-order chi connectivity index (χ1) is 12.9. The van der Waals surface area contributed by atoms with Crippen LogP contribution in [0.25, 0.3) is 6.08 Å². The molecule has 2 rings (SSSR count). The van der Waals surface area contributed by atoms with Crippen molar-refractivity contribution in [2.24, 2.45) is 0 Å². The molecular weight excluding hydrogens is 406 g/mol. The quantitative estimate of drug-likeness (QED) is 0.439. The number of carboxylic acid groups (broad SMARTS) is 1. The number of carbonyl (C=O) groups is 2. The number of ether oxygens (including phenoxy) is 2. The first kappa shape index (κ1) is 21.6. The van der Waals surface area contributed by atoms with Gasteiger partial charge in [-0.1, -0.05) is 30.0 Å². The summed E-state index contributed by atoms with van der Waals surface area (Å²) in [6.45, 7) is 2.39. The van der Waals surface area contributed by atoms with E-state index < -0.39 is 17.9 Å². The van der Waals surface area contributed by atoms with Crippen LogP contribution < -0.4 is 14.6 Å². The number of hydrogen-bond donors (Lipinski definition) is 0. The van der Waals surface area contributed by atoms with E-state index in [0.717, 1.165) is 22.2 Å². The molecule has 0 radical (unpaired) electrons. The maximum atomic E-state index is 12.7. The average Bonchev–Trinajstić information content (AvgIpc) is 2.91. The molecule has 0 N–H and O–H groups in total. The fourth-order valence-corrected chi connectivity index (χ4v) is 4.35. The van der Waals surface area contributed by atoms with Gasteiger partial charge in [0, 0.05) is 0 Å². The molecule has 1 amide bonds. The molecule has 1 saturated heterocycles. The highest BCUT2D eigenvalue weighted by atomic mass is 32.2. The number of aliphatic carboxylic acids is 1. The average molecular weight is 427 g/mol. The summed E-state index contributed by atoms with van der Waals surface area (Å²) in [7, 11) is 1.54. The Hall–Kier alpha value is -1.71. The summed E-state index contributed by atoms with van der Waals surface area (Å²) in [5, 5.41) is 11.5. The SMILES string of the molecule is CCOc1ccc(/C=C2\SC(=S)N([C@@H](CCSC)C(=O)[O-])C2=O)cc1OC. The van der Waals surface area contributed by atoms with Gasteiger partial charge >= 0.3 is 0 Å². The van der Waals surface area contributed by atoms with Crippen molar-refractivity contribution in [3.05, 3.63) is 28.7 Å². The molecule has 27 heavy (non-hydrogen) atoms. The molecule has 1 aromatic rings. The largest absolute Gasteiger partial charge is 0.548 e. The first-order valence-corrected chi connectivity index (χ1v) is 10.8. The predicted octanol–water partition coefficient (Wildman–Crippen LogP) is 2.17. The Morgan fingerprint density at radius 3 is 2.78 bits per heavy atom.